The Morgan fingerprint density at radius 3 is 3.18 bits per heavy atom. The van der Waals surface area contributed by atoms with Crippen molar-refractivity contribution < 1.29 is 6.16 Å². The highest BCUT2D eigenvalue weighted by Crippen LogP contribution is 2.45. The summed E-state index contributed by atoms with van der Waals surface area (Å²) < 4.78 is 5.73. The number of hydrogen-bond donors (Lipinski definition) is 1. The molecule has 3 unspecified atom stereocenters. The number of H-pyrrole nitrogens is 1. The second kappa shape index (κ2) is 4.63. The molecule has 1 saturated heterocycles. The molecule has 3 nitrogen and oxygen atoms in total. The van der Waals surface area contributed by atoms with Gasteiger partial charge in [0.15, 0.2) is 0 Å². The zero-order valence-electron chi connectivity index (χ0n) is 13.0. The zero-order valence-corrected chi connectivity index (χ0v) is 13.0. The first-order chi connectivity index (χ1) is 10.8. The average molecular weight is 296 g/mol. The smallest absolute Gasteiger partial charge is 0.0996 e. The summed E-state index contributed by atoms with van der Waals surface area (Å²) in [6.45, 7) is 4.56. The van der Waals surface area contributed by atoms with Gasteiger partial charge in [-0.15, -0.1) is 0 Å². The van der Waals surface area contributed by atoms with E-state index < -0.39 is 0 Å². The lowest BCUT2D eigenvalue weighted by atomic mass is 9.75. The van der Waals surface area contributed by atoms with Crippen molar-refractivity contribution in [1.82, 2.24) is 9.88 Å². The molecular formula is C19H24N2O. The van der Waals surface area contributed by atoms with Crippen LogP contribution < -0.4 is 0 Å². The maximum absolute atomic E-state index is 5.73. The Morgan fingerprint density at radius 2 is 2.23 bits per heavy atom. The Labute approximate surface area is 132 Å². The van der Waals surface area contributed by atoms with Crippen molar-refractivity contribution in [2.45, 2.75) is 31.9 Å². The molecule has 0 spiro atoms. The second-order valence-corrected chi connectivity index (χ2v) is 7.06. The summed E-state index contributed by atoms with van der Waals surface area (Å²) in [4.78, 5) is 6.40. The van der Waals surface area contributed by atoms with Gasteiger partial charge in [-0.2, -0.15) is 0 Å². The highest BCUT2D eigenvalue weighted by molar-refractivity contribution is 5.85. The Morgan fingerprint density at radius 1 is 1.32 bits per heavy atom. The number of aromatic amines is 1. The SMILES string of the molecule is C[C@@H]1OC=CC2CC3c4[nH]c5ccccc5c4CCN3CC21.[HH]. The van der Waals surface area contributed by atoms with E-state index in [0.29, 0.717) is 24.0 Å². The summed E-state index contributed by atoms with van der Waals surface area (Å²) in [7, 11) is 0. The molecule has 116 valence electrons. The molecular weight excluding hydrogens is 272 g/mol. The number of allylic oxidation sites excluding steroid dienone is 1. The lowest BCUT2D eigenvalue weighted by Crippen LogP contribution is -2.49. The van der Waals surface area contributed by atoms with Gasteiger partial charge in [0.05, 0.1) is 18.4 Å². The minimum absolute atomic E-state index is 0. The van der Waals surface area contributed by atoms with Crippen LogP contribution in [0.4, 0.5) is 0 Å². The predicted molar refractivity (Wildman–Crippen MR) is 89.7 cm³/mol. The first-order valence-corrected chi connectivity index (χ1v) is 8.47. The Bertz CT molecular complexity index is 753. The van der Waals surface area contributed by atoms with E-state index in [1.807, 2.05) is 6.26 Å². The molecule has 4 heterocycles. The lowest BCUT2D eigenvalue weighted by Gasteiger charge is -2.48. The molecule has 3 aliphatic rings. The first-order valence-electron chi connectivity index (χ1n) is 8.47. The fourth-order valence-electron chi connectivity index (χ4n) is 4.78. The number of aromatic nitrogens is 1. The van der Waals surface area contributed by atoms with Gasteiger partial charge in [0.1, 0.15) is 0 Å². The van der Waals surface area contributed by atoms with E-state index in [1.165, 1.54) is 29.6 Å². The minimum atomic E-state index is 0. The molecule has 22 heavy (non-hydrogen) atoms. The van der Waals surface area contributed by atoms with E-state index in [0.717, 1.165) is 13.0 Å². The lowest BCUT2D eigenvalue weighted by molar-refractivity contribution is -0.0171. The monoisotopic (exact) mass is 296 g/mol. The van der Waals surface area contributed by atoms with E-state index in [-0.39, 0.29) is 1.43 Å². The van der Waals surface area contributed by atoms with Crippen molar-refractivity contribution in [3.8, 4) is 0 Å². The van der Waals surface area contributed by atoms with Crippen molar-refractivity contribution in [1.29, 1.82) is 0 Å². The van der Waals surface area contributed by atoms with Crippen molar-refractivity contribution >= 4 is 10.9 Å². The van der Waals surface area contributed by atoms with Crippen LogP contribution in [0.5, 0.6) is 0 Å². The molecule has 3 heteroatoms. The van der Waals surface area contributed by atoms with Gasteiger partial charge in [-0.05, 0) is 43.4 Å². The van der Waals surface area contributed by atoms with Crippen LogP contribution in [0.2, 0.25) is 0 Å². The largest absolute Gasteiger partial charge is 0.498 e. The van der Waals surface area contributed by atoms with Crippen LogP contribution in [0.1, 0.15) is 32.1 Å². The standard InChI is InChI=1S/C19H22N2O.H2/c1-12-16-11-21-8-6-15-14-4-2-3-5-17(14)20-19(15)18(21)10-13(16)7-9-22-12;/h2-5,7,9,12-13,16,18,20H,6,8,10-11H2,1H3;1H/t12-,13?,16?,18?;/m0./s1. The van der Waals surface area contributed by atoms with Gasteiger partial charge in [0.25, 0.3) is 0 Å². The van der Waals surface area contributed by atoms with Crippen LogP contribution in [-0.2, 0) is 11.2 Å². The van der Waals surface area contributed by atoms with Gasteiger partial charge in [0, 0.05) is 37.0 Å². The van der Waals surface area contributed by atoms with Crippen LogP contribution in [0.15, 0.2) is 36.6 Å². The van der Waals surface area contributed by atoms with E-state index in [4.69, 9.17) is 4.74 Å². The molecule has 1 N–H and O–H groups in total. The van der Waals surface area contributed by atoms with Crippen molar-refractivity contribution in [3.05, 3.63) is 47.9 Å². The molecule has 5 rings (SSSR count). The third-order valence-electron chi connectivity index (χ3n) is 5.98. The van der Waals surface area contributed by atoms with Crippen LogP contribution in [0.25, 0.3) is 10.9 Å². The van der Waals surface area contributed by atoms with Crippen molar-refractivity contribution in [2.24, 2.45) is 11.8 Å². The first kappa shape index (κ1) is 12.8. The summed E-state index contributed by atoms with van der Waals surface area (Å²) in [5, 5.41) is 1.43. The van der Waals surface area contributed by atoms with Crippen molar-refractivity contribution in [3.63, 3.8) is 0 Å². The number of benzene rings is 1. The molecule has 0 aliphatic carbocycles. The average Bonchev–Trinajstić information content (AvgIpc) is 2.93. The number of fused-ring (bicyclic) bond motifs is 6. The Kier molecular flexibility index (Phi) is 2.68. The summed E-state index contributed by atoms with van der Waals surface area (Å²) >= 11 is 0. The van der Waals surface area contributed by atoms with Crippen molar-refractivity contribution in [2.75, 3.05) is 13.1 Å². The molecule has 1 fully saturated rings. The third-order valence-corrected chi connectivity index (χ3v) is 5.98. The molecule has 2 aromatic rings. The molecule has 4 atom stereocenters. The summed E-state index contributed by atoms with van der Waals surface area (Å²) in [6.07, 6.45) is 6.95. The molecule has 0 radical (unpaired) electrons. The molecule has 1 aromatic carbocycles. The minimum Gasteiger partial charge on any atom is -0.498 e. The van der Waals surface area contributed by atoms with Gasteiger partial charge in [-0.25, -0.2) is 0 Å². The topological polar surface area (TPSA) is 28.3 Å². The highest BCUT2D eigenvalue weighted by Gasteiger charge is 2.42. The number of nitrogens with one attached hydrogen (secondary N) is 1. The van der Waals surface area contributed by atoms with E-state index in [2.05, 4.69) is 47.1 Å². The molecule has 3 aliphatic heterocycles. The van der Waals surface area contributed by atoms with Gasteiger partial charge in [0.2, 0.25) is 0 Å². The van der Waals surface area contributed by atoms with Gasteiger partial charge >= 0.3 is 0 Å². The number of hydrogen-bond acceptors (Lipinski definition) is 2. The summed E-state index contributed by atoms with van der Waals surface area (Å²) in [5.74, 6) is 1.30. The molecule has 1 aromatic heterocycles. The highest BCUT2D eigenvalue weighted by atomic mass is 16.5. The maximum atomic E-state index is 5.73. The third kappa shape index (κ3) is 1.72. The van der Waals surface area contributed by atoms with Gasteiger partial charge in [-0.1, -0.05) is 18.2 Å². The van der Waals surface area contributed by atoms with Crippen LogP contribution in [0.3, 0.4) is 0 Å². The van der Waals surface area contributed by atoms with E-state index >= 15 is 0 Å². The van der Waals surface area contributed by atoms with Crippen LogP contribution in [0, 0.1) is 11.8 Å². The fourth-order valence-corrected chi connectivity index (χ4v) is 4.78. The van der Waals surface area contributed by atoms with E-state index in [1.54, 1.807) is 5.56 Å². The number of para-hydroxylation sites is 1. The second-order valence-electron chi connectivity index (χ2n) is 7.06. The van der Waals surface area contributed by atoms with Gasteiger partial charge < -0.3 is 9.72 Å². The number of ether oxygens (including phenoxy) is 1. The molecule has 0 bridgehead atoms. The maximum Gasteiger partial charge on any atom is 0.0996 e. The summed E-state index contributed by atoms with van der Waals surface area (Å²) in [6, 6.07) is 9.31. The number of nitrogens with zero attached hydrogens (tertiary/aromatic N) is 1. The Balaban J connectivity index is 0.00000135. The molecule has 0 saturated carbocycles. The zero-order chi connectivity index (χ0) is 14.7. The fraction of sp³-hybridized carbons (Fsp3) is 0.474. The van der Waals surface area contributed by atoms with Crippen LogP contribution in [-0.4, -0.2) is 29.1 Å². The predicted octanol–water partition coefficient (Wildman–Crippen LogP) is 3.88. The summed E-state index contributed by atoms with van der Waals surface area (Å²) in [5.41, 5.74) is 4.32. The number of piperidine rings is 1. The Hall–Kier alpha value is -1.74. The number of rotatable bonds is 0. The normalized spacial score (nSPS) is 33.9. The quantitative estimate of drug-likeness (QED) is 0.799. The van der Waals surface area contributed by atoms with E-state index in [9.17, 15) is 0 Å². The van der Waals surface area contributed by atoms with Crippen LogP contribution >= 0.6 is 0 Å². The van der Waals surface area contributed by atoms with Gasteiger partial charge in [-0.3, -0.25) is 4.90 Å². The molecule has 0 amide bonds.